The lowest BCUT2D eigenvalue weighted by molar-refractivity contribution is -0.135. The van der Waals surface area contributed by atoms with Crippen molar-refractivity contribution < 1.29 is 19.1 Å². The maximum atomic E-state index is 13.6. The van der Waals surface area contributed by atoms with E-state index in [1.165, 1.54) is 7.11 Å². The number of fused-ring (bicyclic) bond motifs is 2. The molecule has 4 heterocycles. The van der Waals surface area contributed by atoms with E-state index in [4.69, 9.17) is 9.72 Å². The SMILES string of the molecule is COC(=O)N[C@H](C(=O)N1CCC[C@H]1c1ncc(-c2ccc(-c3ccc(-c4cnc([C@@H]5C6CCC(C6)C5C(=O)NCc5cccnc5C)[nH]4)cc3)cc2)[nH]1)C(C)C. The van der Waals surface area contributed by atoms with Crippen molar-refractivity contribution in [1.29, 1.82) is 0 Å². The van der Waals surface area contributed by atoms with Gasteiger partial charge in [-0.1, -0.05) is 68.4 Å². The molecule has 12 nitrogen and oxygen atoms in total. The van der Waals surface area contributed by atoms with Gasteiger partial charge in [0.05, 0.1) is 42.9 Å². The van der Waals surface area contributed by atoms with E-state index in [-0.39, 0.29) is 35.6 Å². The molecule has 2 saturated carbocycles. The zero-order valence-corrected chi connectivity index (χ0v) is 32.4. The summed E-state index contributed by atoms with van der Waals surface area (Å²) in [6, 6.07) is 19.9. The summed E-state index contributed by atoms with van der Waals surface area (Å²) in [6.45, 7) is 6.89. The first-order valence-electron chi connectivity index (χ1n) is 19.8. The molecule has 3 unspecified atom stereocenters. The highest BCUT2D eigenvalue weighted by Crippen LogP contribution is 2.56. The van der Waals surface area contributed by atoms with Crippen molar-refractivity contribution in [2.24, 2.45) is 23.7 Å². The van der Waals surface area contributed by atoms with Gasteiger partial charge in [-0.25, -0.2) is 14.8 Å². The van der Waals surface area contributed by atoms with Crippen LogP contribution in [0.2, 0.25) is 0 Å². The van der Waals surface area contributed by atoms with Crippen molar-refractivity contribution in [2.75, 3.05) is 13.7 Å². The number of alkyl carbamates (subject to hydrolysis) is 1. The highest BCUT2D eigenvalue weighted by molar-refractivity contribution is 5.86. The van der Waals surface area contributed by atoms with E-state index < -0.39 is 12.1 Å². The van der Waals surface area contributed by atoms with Crippen LogP contribution in [-0.4, -0.2) is 67.4 Å². The number of likely N-dealkylation sites (tertiary alicyclic amines) is 1. The number of methoxy groups -OCH3 is 1. The van der Waals surface area contributed by atoms with E-state index in [9.17, 15) is 14.4 Å². The zero-order valence-electron chi connectivity index (χ0n) is 32.4. The van der Waals surface area contributed by atoms with Crippen molar-refractivity contribution in [3.63, 3.8) is 0 Å². The number of pyridine rings is 1. The number of nitrogens with zero attached hydrogens (tertiary/aromatic N) is 4. The number of aromatic nitrogens is 5. The maximum absolute atomic E-state index is 13.6. The topological polar surface area (TPSA) is 158 Å². The largest absolute Gasteiger partial charge is 0.453 e. The number of rotatable bonds is 11. The van der Waals surface area contributed by atoms with E-state index >= 15 is 0 Å². The number of aryl methyl sites for hydroxylation is 1. The minimum atomic E-state index is -0.677. The summed E-state index contributed by atoms with van der Waals surface area (Å²) in [6.07, 6.45) is 9.86. The van der Waals surface area contributed by atoms with Gasteiger partial charge in [-0.05, 0) is 90.7 Å². The number of benzene rings is 2. The molecule has 6 atom stereocenters. The highest BCUT2D eigenvalue weighted by Gasteiger charge is 2.52. The van der Waals surface area contributed by atoms with Gasteiger partial charge in [0.1, 0.15) is 17.7 Å². The number of imidazole rings is 2. The second-order valence-electron chi connectivity index (χ2n) is 15.9. The van der Waals surface area contributed by atoms with Gasteiger partial charge in [-0.2, -0.15) is 0 Å². The van der Waals surface area contributed by atoms with Crippen LogP contribution in [0.25, 0.3) is 33.6 Å². The van der Waals surface area contributed by atoms with Crippen LogP contribution in [0.3, 0.4) is 0 Å². The van der Waals surface area contributed by atoms with Gasteiger partial charge in [0.2, 0.25) is 11.8 Å². The van der Waals surface area contributed by atoms with Gasteiger partial charge in [0.15, 0.2) is 0 Å². The van der Waals surface area contributed by atoms with E-state index in [1.54, 1.807) is 6.20 Å². The summed E-state index contributed by atoms with van der Waals surface area (Å²) >= 11 is 0. The van der Waals surface area contributed by atoms with Crippen LogP contribution < -0.4 is 10.6 Å². The summed E-state index contributed by atoms with van der Waals surface area (Å²) in [5.41, 5.74) is 8.05. The number of H-pyrrole nitrogens is 2. The minimum absolute atomic E-state index is 0.0793. The summed E-state index contributed by atoms with van der Waals surface area (Å²) in [4.78, 5) is 61.9. The lowest BCUT2D eigenvalue weighted by atomic mass is 9.78. The Labute approximate surface area is 327 Å². The first-order chi connectivity index (χ1) is 27.2. The molecule has 290 valence electrons. The molecule has 3 aliphatic rings. The Hall–Kier alpha value is -5.78. The zero-order chi connectivity index (χ0) is 38.9. The van der Waals surface area contributed by atoms with Crippen LogP contribution in [0.15, 0.2) is 79.3 Å². The number of aromatic amines is 2. The van der Waals surface area contributed by atoms with Crippen molar-refractivity contribution in [3.05, 3.63) is 102 Å². The van der Waals surface area contributed by atoms with Crippen molar-refractivity contribution in [2.45, 2.75) is 77.4 Å². The Morgan fingerprint density at radius 1 is 0.839 bits per heavy atom. The summed E-state index contributed by atoms with van der Waals surface area (Å²) in [5.74, 6) is 2.41. The first kappa shape index (κ1) is 37.2. The Bertz CT molecular complexity index is 2190. The minimum Gasteiger partial charge on any atom is -0.453 e. The monoisotopic (exact) mass is 754 g/mol. The number of amides is 3. The molecule has 56 heavy (non-hydrogen) atoms. The van der Waals surface area contributed by atoms with Gasteiger partial charge in [-0.15, -0.1) is 0 Å². The van der Waals surface area contributed by atoms with Crippen LogP contribution in [-0.2, 0) is 20.9 Å². The second kappa shape index (κ2) is 15.8. The predicted molar refractivity (Wildman–Crippen MR) is 213 cm³/mol. The van der Waals surface area contributed by atoms with Gasteiger partial charge in [-0.3, -0.25) is 14.6 Å². The summed E-state index contributed by atoms with van der Waals surface area (Å²) in [5, 5.41) is 5.92. The third-order valence-electron chi connectivity index (χ3n) is 12.3. The number of carbonyl (C=O) groups excluding carboxylic acids is 3. The lowest BCUT2D eigenvalue weighted by Crippen LogP contribution is -2.51. The predicted octanol–water partition coefficient (Wildman–Crippen LogP) is 7.33. The number of hydrogen-bond acceptors (Lipinski definition) is 7. The third-order valence-corrected chi connectivity index (χ3v) is 12.3. The first-order valence-corrected chi connectivity index (χ1v) is 19.8. The molecule has 1 saturated heterocycles. The molecule has 0 radical (unpaired) electrons. The fourth-order valence-corrected chi connectivity index (χ4v) is 9.25. The smallest absolute Gasteiger partial charge is 0.407 e. The Kier molecular flexibility index (Phi) is 10.5. The Balaban J connectivity index is 0.918. The standard InChI is InChI=1S/C44H50N8O4/c1-25(2)39(51-44(55)56-4)43(54)52-20-6-8-36(52)40-46-23-34(49-40)29-13-9-27(10-14-29)28-11-15-30(16-12-28)35-24-47-41(50-35)37-31-17-18-32(21-31)38(37)42(53)48-22-33-7-5-19-45-26(33)3/h5,7,9-16,19,23-25,31-32,36-39H,6,8,17-18,20-22H2,1-4H3,(H,46,49)(H,47,50)(H,48,53)(H,51,55)/t31?,32?,36-,37+,38?,39-/m0/s1. The number of hydrogen-bond donors (Lipinski definition) is 4. The summed E-state index contributed by atoms with van der Waals surface area (Å²) < 4.78 is 4.76. The van der Waals surface area contributed by atoms with Crippen LogP contribution in [0.5, 0.6) is 0 Å². The average molecular weight is 755 g/mol. The Morgan fingerprint density at radius 3 is 2.11 bits per heavy atom. The maximum Gasteiger partial charge on any atom is 0.407 e. The van der Waals surface area contributed by atoms with Crippen molar-refractivity contribution in [1.82, 2.24) is 40.5 Å². The number of nitrogens with one attached hydrogen (secondary N) is 4. The molecular formula is C44H50N8O4. The van der Waals surface area contributed by atoms with Gasteiger partial charge >= 0.3 is 6.09 Å². The molecule has 1 aliphatic heterocycles. The van der Waals surface area contributed by atoms with Crippen LogP contribution in [0, 0.1) is 30.6 Å². The highest BCUT2D eigenvalue weighted by atomic mass is 16.5. The van der Waals surface area contributed by atoms with Crippen LogP contribution >= 0.6 is 0 Å². The Morgan fingerprint density at radius 2 is 1.46 bits per heavy atom. The molecular weight excluding hydrogens is 705 g/mol. The average Bonchev–Trinajstić information content (AvgIpc) is 4.08. The molecule has 4 N–H and O–H groups in total. The molecule has 3 fully saturated rings. The van der Waals surface area contributed by atoms with E-state index in [0.29, 0.717) is 24.9 Å². The van der Waals surface area contributed by atoms with Crippen LogP contribution in [0.1, 0.15) is 80.8 Å². The molecule has 8 rings (SSSR count). The molecule has 3 aromatic heterocycles. The normalized spacial score (nSPS) is 22.0. The lowest BCUT2D eigenvalue weighted by Gasteiger charge is -2.30. The van der Waals surface area contributed by atoms with Gasteiger partial charge < -0.3 is 30.2 Å². The van der Waals surface area contributed by atoms with Crippen LogP contribution in [0.4, 0.5) is 4.79 Å². The summed E-state index contributed by atoms with van der Waals surface area (Å²) in [7, 11) is 1.30. The number of carbonyl (C=O) groups is 3. The quantitative estimate of drug-likeness (QED) is 0.110. The van der Waals surface area contributed by atoms with E-state index in [1.807, 2.05) is 50.2 Å². The molecule has 0 spiro atoms. The van der Waals surface area contributed by atoms with Gasteiger partial charge in [0, 0.05) is 30.9 Å². The van der Waals surface area contributed by atoms with E-state index in [0.717, 1.165) is 88.7 Å². The molecule has 2 aromatic carbocycles. The molecule has 2 aliphatic carbocycles. The molecule has 3 amide bonds. The number of ether oxygens (including phenoxy) is 1. The molecule has 12 heteroatoms. The van der Waals surface area contributed by atoms with Crippen molar-refractivity contribution >= 4 is 17.9 Å². The van der Waals surface area contributed by atoms with Crippen molar-refractivity contribution in [3.8, 4) is 33.6 Å². The second-order valence-corrected chi connectivity index (χ2v) is 15.9. The third kappa shape index (κ3) is 7.32. The molecule has 5 aromatic rings. The van der Waals surface area contributed by atoms with Gasteiger partial charge in [0.25, 0.3) is 0 Å². The van der Waals surface area contributed by atoms with E-state index in [2.05, 4.69) is 79.1 Å². The fraction of sp³-hybridized carbons (Fsp3) is 0.409. The molecule has 2 bridgehead atoms. The fourth-order valence-electron chi connectivity index (χ4n) is 9.25.